The predicted octanol–water partition coefficient (Wildman–Crippen LogP) is 1.42. The van der Waals surface area contributed by atoms with Gasteiger partial charge >= 0.3 is 5.97 Å². The van der Waals surface area contributed by atoms with Crippen LogP contribution in [0.1, 0.15) is 18.6 Å². The van der Waals surface area contributed by atoms with Crippen LogP contribution in [0.5, 0.6) is 17.2 Å². The van der Waals surface area contributed by atoms with E-state index in [2.05, 4.69) is 15.9 Å². The van der Waals surface area contributed by atoms with Crippen molar-refractivity contribution in [2.45, 2.75) is 19.1 Å². The molecule has 0 saturated heterocycles. The number of esters is 1. The summed E-state index contributed by atoms with van der Waals surface area (Å²) in [7, 11) is 2.80. The molecule has 0 aliphatic carbocycles. The van der Waals surface area contributed by atoms with Crippen LogP contribution in [0.3, 0.4) is 0 Å². The Hall–Kier alpha value is -1.31. The van der Waals surface area contributed by atoms with Gasteiger partial charge in [0.25, 0.3) is 0 Å². The number of carbonyl (C=O) groups excluding carboxylic acids is 1. The quantitative estimate of drug-likeness (QED) is 0.459. The fourth-order valence-electron chi connectivity index (χ4n) is 1.62. The summed E-state index contributed by atoms with van der Waals surface area (Å²) in [6.45, 7) is 1.26. The molecular formula is C13H17BrO6. The van der Waals surface area contributed by atoms with Crippen molar-refractivity contribution in [3.8, 4) is 17.2 Å². The minimum absolute atomic E-state index is 0.131. The van der Waals surface area contributed by atoms with Crippen molar-refractivity contribution < 1.29 is 29.2 Å². The Morgan fingerprint density at radius 2 is 1.75 bits per heavy atom. The molecule has 1 aromatic carbocycles. The topological polar surface area (TPSA) is 85.2 Å². The maximum Gasteiger partial charge on any atom is 0.308 e. The van der Waals surface area contributed by atoms with Crippen molar-refractivity contribution in [1.82, 2.24) is 0 Å². The first kappa shape index (κ1) is 16.7. The molecule has 0 amide bonds. The van der Waals surface area contributed by atoms with Crippen LogP contribution < -0.4 is 14.2 Å². The van der Waals surface area contributed by atoms with Crippen LogP contribution in [0, 0.1) is 0 Å². The smallest absolute Gasteiger partial charge is 0.308 e. The number of methoxy groups -OCH3 is 2. The molecule has 1 aromatic rings. The SMILES string of the molecule is COc1cc(C(O)C(O)CBr)cc(OC)c1OC(C)=O. The Labute approximate surface area is 125 Å². The first-order valence-electron chi connectivity index (χ1n) is 5.81. The molecule has 0 heterocycles. The fraction of sp³-hybridized carbons (Fsp3) is 0.462. The van der Waals surface area contributed by atoms with Gasteiger partial charge in [-0.25, -0.2) is 0 Å². The van der Waals surface area contributed by atoms with E-state index in [1.807, 2.05) is 0 Å². The lowest BCUT2D eigenvalue weighted by molar-refractivity contribution is -0.132. The van der Waals surface area contributed by atoms with Crippen molar-refractivity contribution in [2.24, 2.45) is 0 Å². The van der Waals surface area contributed by atoms with Gasteiger partial charge in [0.05, 0.1) is 20.3 Å². The monoisotopic (exact) mass is 348 g/mol. The summed E-state index contributed by atoms with van der Waals surface area (Å²) in [6.07, 6.45) is -2.10. The van der Waals surface area contributed by atoms with Crippen molar-refractivity contribution in [3.63, 3.8) is 0 Å². The molecule has 2 unspecified atom stereocenters. The van der Waals surface area contributed by atoms with Gasteiger partial charge in [0.2, 0.25) is 5.75 Å². The number of carbonyl (C=O) groups is 1. The van der Waals surface area contributed by atoms with Crippen LogP contribution in [-0.4, -0.2) is 41.8 Å². The second kappa shape index (κ2) is 7.47. The predicted molar refractivity (Wildman–Crippen MR) is 75.6 cm³/mol. The third kappa shape index (κ3) is 3.84. The zero-order valence-electron chi connectivity index (χ0n) is 11.4. The minimum Gasteiger partial charge on any atom is -0.493 e. The van der Waals surface area contributed by atoms with E-state index >= 15 is 0 Å². The highest BCUT2D eigenvalue weighted by molar-refractivity contribution is 9.09. The number of rotatable bonds is 6. The van der Waals surface area contributed by atoms with Gasteiger partial charge in [0, 0.05) is 12.3 Å². The van der Waals surface area contributed by atoms with E-state index in [4.69, 9.17) is 14.2 Å². The Balaban J connectivity index is 3.28. The Bertz CT molecular complexity index is 451. The lowest BCUT2D eigenvalue weighted by atomic mass is 10.0. The van der Waals surface area contributed by atoms with Crippen LogP contribution in [0.15, 0.2) is 12.1 Å². The molecule has 0 aliphatic rings. The van der Waals surface area contributed by atoms with Crippen LogP contribution in [0.2, 0.25) is 0 Å². The molecule has 0 bridgehead atoms. The lowest BCUT2D eigenvalue weighted by Crippen LogP contribution is -2.19. The normalized spacial score (nSPS) is 13.5. The van der Waals surface area contributed by atoms with Crippen molar-refractivity contribution >= 4 is 21.9 Å². The summed E-state index contributed by atoms with van der Waals surface area (Å²) >= 11 is 3.09. The number of aliphatic hydroxyl groups is 2. The summed E-state index contributed by atoms with van der Waals surface area (Å²) in [4.78, 5) is 11.1. The maximum absolute atomic E-state index is 11.1. The van der Waals surface area contributed by atoms with E-state index in [1.54, 1.807) is 0 Å². The summed E-state index contributed by atoms with van der Waals surface area (Å²) in [5.74, 6) is 0.0768. The Morgan fingerprint density at radius 3 is 2.10 bits per heavy atom. The molecule has 0 fully saturated rings. The van der Waals surface area contributed by atoms with E-state index in [0.717, 1.165) is 0 Å². The summed E-state index contributed by atoms with van der Waals surface area (Å²) in [5.41, 5.74) is 0.390. The highest BCUT2D eigenvalue weighted by Gasteiger charge is 2.23. The standard InChI is InChI=1S/C13H17BrO6/c1-7(15)20-13-10(18-2)4-8(5-11(13)19-3)12(17)9(16)6-14/h4-5,9,12,16-17H,6H2,1-3H3. The molecule has 20 heavy (non-hydrogen) atoms. The molecule has 1 rings (SSSR count). The van der Waals surface area contributed by atoms with Gasteiger partial charge in [-0.3, -0.25) is 4.79 Å². The molecule has 2 N–H and O–H groups in total. The number of halogens is 1. The van der Waals surface area contributed by atoms with Crippen molar-refractivity contribution in [3.05, 3.63) is 17.7 Å². The summed E-state index contributed by atoms with van der Waals surface area (Å²) in [6, 6.07) is 2.97. The number of benzene rings is 1. The first-order chi connectivity index (χ1) is 9.44. The maximum atomic E-state index is 11.1. The Morgan fingerprint density at radius 1 is 1.25 bits per heavy atom. The number of aliphatic hydroxyl groups excluding tert-OH is 2. The number of alkyl halides is 1. The average molecular weight is 349 g/mol. The molecule has 112 valence electrons. The highest BCUT2D eigenvalue weighted by Crippen LogP contribution is 2.40. The van der Waals surface area contributed by atoms with Gasteiger partial charge in [-0.15, -0.1) is 0 Å². The van der Waals surface area contributed by atoms with Gasteiger partial charge in [-0.2, -0.15) is 0 Å². The molecule has 6 nitrogen and oxygen atoms in total. The average Bonchev–Trinajstić information content (AvgIpc) is 2.45. The molecular weight excluding hydrogens is 332 g/mol. The summed E-state index contributed by atoms with van der Waals surface area (Å²) < 4.78 is 15.3. The molecule has 0 aliphatic heterocycles. The van der Waals surface area contributed by atoms with Crippen molar-refractivity contribution in [2.75, 3.05) is 19.5 Å². The van der Waals surface area contributed by atoms with E-state index < -0.39 is 18.2 Å². The molecule has 7 heteroatoms. The molecule has 0 spiro atoms. The number of ether oxygens (including phenoxy) is 3. The second-order valence-electron chi connectivity index (χ2n) is 4.01. The fourth-order valence-corrected chi connectivity index (χ4v) is 1.98. The van der Waals surface area contributed by atoms with Gasteiger partial charge in [-0.05, 0) is 17.7 Å². The minimum atomic E-state index is -1.12. The van der Waals surface area contributed by atoms with Crippen LogP contribution >= 0.6 is 15.9 Å². The van der Waals surface area contributed by atoms with E-state index in [9.17, 15) is 15.0 Å². The third-order valence-electron chi connectivity index (χ3n) is 2.59. The zero-order valence-corrected chi connectivity index (χ0v) is 13.0. The number of hydrogen-bond donors (Lipinski definition) is 2. The highest BCUT2D eigenvalue weighted by atomic mass is 79.9. The van der Waals surface area contributed by atoms with Crippen LogP contribution in [0.4, 0.5) is 0 Å². The largest absolute Gasteiger partial charge is 0.493 e. The number of hydrogen-bond acceptors (Lipinski definition) is 6. The van der Waals surface area contributed by atoms with Gasteiger partial charge < -0.3 is 24.4 Å². The molecule has 0 aromatic heterocycles. The van der Waals surface area contributed by atoms with Crippen LogP contribution in [0.25, 0.3) is 0 Å². The van der Waals surface area contributed by atoms with E-state index in [1.165, 1.54) is 33.3 Å². The molecule has 0 radical (unpaired) electrons. The zero-order chi connectivity index (χ0) is 15.3. The van der Waals surface area contributed by atoms with E-state index in [-0.39, 0.29) is 22.6 Å². The van der Waals surface area contributed by atoms with Gasteiger partial charge in [-0.1, -0.05) is 15.9 Å². The Kier molecular flexibility index (Phi) is 6.25. The first-order valence-corrected chi connectivity index (χ1v) is 6.93. The van der Waals surface area contributed by atoms with Gasteiger partial charge in [0.15, 0.2) is 11.5 Å². The lowest BCUT2D eigenvalue weighted by Gasteiger charge is -2.19. The van der Waals surface area contributed by atoms with Gasteiger partial charge in [0.1, 0.15) is 6.10 Å². The third-order valence-corrected chi connectivity index (χ3v) is 3.26. The molecule has 0 saturated carbocycles. The molecule has 2 atom stereocenters. The van der Waals surface area contributed by atoms with Crippen LogP contribution in [-0.2, 0) is 4.79 Å². The summed E-state index contributed by atoms with van der Waals surface area (Å²) in [5, 5.41) is 19.9. The van der Waals surface area contributed by atoms with Crippen molar-refractivity contribution in [1.29, 1.82) is 0 Å². The second-order valence-corrected chi connectivity index (χ2v) is 4.66. The van der Waals surface area contributed by atoms with E-state index in [0.29, 0.717) is 5.56 Å².